The van der Waals surface area contributed by atoms with Crippen molar-refractivity contribution in [3.05, 3.63) is 38.2 Å². The van der Waals surface area contributed by atoms with E-state index in [2.05, 4.69) is 42.2 Å². The number of nitrogens with two attached hydrogens (primary N) is 1. The Bertz CT molecular complexity index is 550. The fraction of sp³-hybridized carbons (Fsp3) is 0. The Morgan fingerprint density at radius 1 is 1.35 bits per heavy atom. The van der Waals surface area contributed by atoms with Gasteiger partial charge in [0.15, 0.2) is 5.13 Å². The number of benzene rings is 1. The first-order chi connectivity index (χ1) is 8.04. The highest BCUT2D eigenvalue weighted by Gasteiger charge is 2.09. The first-order valence-electron chi connectivity index (χ1n) is 4.53. The molecule has 2 aromatic rings. The summed E-state index contributed by atoms with van der Waals surface area (Å²) in [6.07, 6.45) is 1.63. The highest BCUT2D eigenvalue weighted by atomic mass is 79.9. The molecule has 0 aliphatic carbocycles. The Morgan fingerprint density at radius 2 is 2.12 bits per heavy atom. The normalized spacial score (nSPS) is 10.2. The van der Waals surface area contributed by atoms with Crippen molar-refractivity contribution in [1.82, 2.24) is 4.98 Å². The topological polar surface area (TPSA) is 68.0 Å². The molecule has 0 aliphatic heterocycles. The van der Waals surface area contributed by atoms with Crippen molar-refractivity contribution in [2.45, 2.75) is 0 Å². The van der Waals surface area contributed by atoms with Gasteiger partial charge in [0.1, 0.15) is 0 Å². The molecular weight excluding hydrogens is 370 g/mol. The maximum absolute atomic E-state index is 11.9. The van der Waals surface area contributed by atoms with E-state index in [9.17, 15) is 4.79 Å². The summed E-state index contributed by atoms with van der Waals surface area (Å²) < 4.78 is 1.63. The fourth-order valence-corrected chi connectivity index (χ4v) is 2.84. The molecule has 1 amide bonds. The third kappa shape index (κ3) is 3.27. The molecule has 2 rings (SSSR count). The average Bonchev–Trinajstić information content (AvgIpc) is 2.62. The first-order valence-corrected chi connectivity index (χ1v) is 6.93. The summed E-state index contributed by atoms with van der Waals surface area (Å²) in [4.78, 5) is 15.9. The molecule has 88 valence electrons. The highest BCUT2D eigenvalue weighted by molar-refractivity contribution is 9.11. The van der Waals surface area contributed by atoms with Gasteiger partial charge in [-0.15, -0.1) is 0 Å². The lowest BCUT2D eigenvalue weighted by Gasteiger charge is -2.03. The van der Waals surface area contributed by atoms with E-state index in [1.54, 1.807) is 24.4 Å². The number of amides is 1. The molecule has 0 saturated carbocycles. The van der Waals surface area contributed by atoms with Crippen LogP contribution in [0.3, 0.4) is 0 Å². The summed E-state index contributed by atoms with van der Waals surface area (Å²) in [5.41, 5.74) is 6.69. The van der Waals surface area contributed by atoms with Gasteiger partial charge in [-0.2, -0.15) is 0 Å². The van der Waals surface area contributed by atoms with Gasteiger partial charge in [-0.3, -0.25) is 10.1 Å². The van der Waals surface area contributed by atoms with Gasteiger partial charge in [-0.05, 0) is 34.1 Å². The number of aromatic nitrogens is 1. The molecule has 7 heteroatoms. The van der Waals surface area contributed by atoms with E-state index >= 15 is 0 Å². The van der Waals surface area contributed by atoms with Crippen LogP contribution in [0, 0.1) is 0 Å². The molecule has 1 aromatic heterocycles. The Morgan fingerprint density at radius 3 is 2.71 bits per heavy atom. The third-order valence-corrected chi connectivity index (χ3v) is 3.73. The summed E-state index contributed by atoms with van der Waals surface area (Å²) in [6.45, 7) is 0. The van der Waals surface area contributed by atoms with E-state index in [4.69, 9.17) is 5.73 Å². The second kappa shape index (κ2) is 5.16. The number of anilines is 2. The predicted octanol–water partition coefficient (Wildman–Crippen LogP) is 3.50. The Balaban J connectivity index is 2.19. The molecule has 17 heavy (non-hydrogen) atoms. The van der Waals surface area contributed by atoms with Crippen LogP contribution in [0.4, 0.5) is 10.8 Å². The summed E-state index contributed by atoms with van der Waals surface area (Å²) >= 11 is 7.92. The number of rotatable bonds is 2. The number of nitrogen functional groups attached to an aromatic ring is 1. The van der Waals surface area contributed by atoms with Crippen molar-refractivity contribution in [2.24, 2.45) is 0 Å². The zero-order chi connectivity index (χ0) is 12.4. The van der Waals surface area contributed by atoms with Crippen LogP contribution in [0.2, 0.25) is 0 Å². The quantitative estimate of drug-likeness (QED) is 0.788. The minimum Gasteiger partial charge on any atom is -0.399 e. The Labute approximate surface area is 118 Å². The lowest BCUT2D eigenvalue weighted by Crippen LogP contribution is -2.11. The minimum absolute atomic E-state index is 0.236. The monoisotopic (exact) mass is 375 g/mol. The molecule has 0 unspecified atom stereocenters. The number of hydrogen-bond donors (Lipinski definition) is 2. The molecule has 0 atom stereocenters. The van der Waals surface area contributed by atoms with Crippen molar-refractivity contribution in [2.75, 3.05) is 11.1 Å². The summed E-state index contributed by atoms with van der Waals surface area (Å²) in [5.74, 6) is -0.236. The fourth-order valence-electron chi connectivity index (χ4n) is 1.22. The third-order valence-electron chi connectivity index (χ3n) is 1.88. The number of halogens is 2. The zero-order valence-electron chi connectivity index (χ0n) is 8.41. The van der Waals surface area contributed by atoms with Crippen molar-refractivity contribution in [1.29, 1.82) is 0 Å². The molecule has 0 radical (unpaired) electrons. The Kier molecular flexibility index (Phi) is 3.80. The largest absolute Gasteiger partial charge is 0.399 e. The van der Waals surface area contributed by atoms with Gasteiger partial charge in [0.25, 0.3) is 5.91 Å². The molecule has 3 N–H and O–H groups in total. The number of nitrogens with one attached hydrogen (secondary N) is 1. The van der Waals surface area contributed by atoms with Crippen LogP contribution in [0.25, 0.3) is 0 Å². The lowest BCUT2D eigenvalue weighted by molar-refractivity contribution is 0.102. The predicted molar refractivity (Wildman–Crippen MR) is 76.3 cm³/mol. The van der Waals surface area contributed by atoms with Crippen LogP contribution in [-0.2, 0) is 0 Å². The van der Waals surface area contributed by atoms with Crippen LogP contribution in [0.15, 0.2) is 32.7 Å². The van der Waals surface area contributed by atoms with Crippen LogP contribution in [-0.4, -0.2) is 10.9 Å². The molecule has 4 nitrogen and oxygen atoms in total. The van der Waals surface area contributed by atoms with Crippen molar-refractivity contribution >= 4 is 59.9 Å². The zero-order valence-corrected chi connectivity index (χ0v) is 12.4. The number of thiazole rings is 1. The molecule has 0 saturated heterocycles. The van der Waals surface area contributed by atoms with Crippen molar-refractivity contribution in [3.63, 3.8) is 0 Å². The molecule has 0 fully saturated rings. The van der Waals surface area contributed by atoms with Gasteiger partial charge in [-0.1, -0.05) is 27.3 Å². The molecule has 0 spiro atoms. The van der Waals surface area contributed by atoms with Crippen molar-refractivity contribution in [3.8, 4) is 0 Å². The standard InChI is InChI=1S/C10H7Br2N3OS/c11-6-1-5(2-7(13)3-6)9(16)15-10-14-4-8(12)17-10/h1-4H,13H2,(H,14,15,16). The van der Waals surface area contributed by atoms with Crippen LogP contribution in [0.5, 0.6) is 0 Å². The number of nitrogens with zero attached hydrogens (tertiary/aromatic N) is 1. The van der Waals surface area contributed by atoms with E-state index in [1.165, 1.54) is 11.3 Å². The second-order valence-corrected chi connectivity index (χ2v) is 6.52. The lowest BCUT2D eigenvalue weighted by atomic mass is 10.2. The minimum atomic E-state index is -0.236. The number of carbonyl (C=O) groups is 1. The van der Waals surface area contributed by atoms with Crippen molar-refractivity contribution < 1.29 is 4.79 Å². The SMILES string of the molecule is Nc1cc(Br)cc(C(=O)Nc2ncc(Br)s2)c1. The summed E-state index contributed by atoms with van der Waals surface area (Å²) in [7, 11) is 0. The molecule has 1 heterocycles. The highest BCUT2D eigenvalue weighted by Crippen LogP contribution is 2.24. The van der Waals surface area contributed by atoms with Gasteiger partial charge in [-0.25, -0.2) is 4.98 Å². The molecule has 0 aliphatic rings. The maximum atomic E-state index is 11.9. The van der Waals surface area contributed by atoms with E-state index in [0.29, 0.717) is 16.4 Å². The molecular formula is C10H7Br2N3OS. The molecule has 0 bridgehead atoms. The average molecular weight is 377 g/mol. The molecule has 1 aromatic carbocycles. The number of hydrogen-bond acceptors (Lipinski definition) is 4. The van der Waals surface area contributed by atoms with Gasteiger partial charge in [0, 0.05) is 15.7 Å². The van der Waals surface area contributed by atoms with E-state index in [-0.39, 0.29) is 5.91 Å². The van der Waals surface area contributed by atoms with Gasteiger partial charge < -0.3 is 5.73 Å². The number of carbonyl (C=O) groups excluding carboxylic acids is 1. The van der Waals surface area contributed by atoms with Crippen LogP contribution >= 0.6 is 43.2 Å². The van der Waals surface area contributed by atoms with Crippen LogP contribution < -0.4 is 11.1 Å². The van der Waals surface area contributed by atoms with Gasteiger partial charge in [0.05, 0.1) is 9.98 Å². The first kappa shape index (κ1) is 12.5. The van der Waals surface area contributed by atoms with Gasteiger partial charge >= 0.3 is 0 Å². The Hall–Kier alpha value is -0.920. The summed E-state index contributed by atoms with van der Waals surface area (Å²) in [5, 5.41) is 3.24. The van der Waals surface area contributed by atoms with E-state index in [1.807, 2.05) is 0 Å². The second-order valence-electron chi connectivity index (χ2n) is 3.20. The smallest absolute Gasteiger partial charge is 0.257 e. The van der Waals surface area contributed by atoms with Crippen LogP contribution in [0.1, 0.15) is 10.4 Å². The maximum Gasteiger partial charge on any atom is 0.257 e. The summed E-state index contributed by atoms with van der Waals surface area (Å²) in [6, 6.07) is 5.05. The van der Waals surface area contributed by atoms with E-state index in [0.717, 1.165) is 8.26 Å². The van der Waals surface area contributed by atoms with E-state index < -0.39 is 0 Å². The van der Waals surface area contributed by atoms with Gasteiger partial charge in [0.2, 0.25) is 0 Å².